The van der Waals surface area contributed by atoms with E-state index in [4.69, 9.17) is 17.3 Å². The van der Waals surface area contributed by atoms with Crippen LogP contribution in [0.3, 0.4) is 0 Å². The molecule has 0 aliphatic rings. The molecule has 0 saturated heterocycles. The molecule has 2 N–H and O–H groups in total. The Balaban J connectivity index is 2.31. The van der Waals surface area contributed by atoms with E-state index >= 15 is 0 Å². The molecule has 16 heavy (non-hydrogen) atoms. The van der Waals surface area contributed by atoms with Gasteiger partial charge >= 0.3 is 0 Å². The number of hydrogen-bond acceptors (Lipinski definition) is 2. The Morgan fingerprint density at radius 1 is 1.12 bits per heavy atom. The fraction of sp³-hybridized carbons (Fsp3) is 0.0769. The van der Waals surface area contributed by atoms with E-state index < -0.39 is 0 Å². The number of anilines is 1. The SMILES string of the molecule is Cc1cccc(Sc2cccc(Cl)c2)c1N. The molecule has 2 aromatic rings. The maximum Gasteiger partial charge on any atom is 0.0485 e. The molecule has 0 saturated carbocycles. The van der Waals surface area contributed by atoms with E-state index in [2.05, 4.69) is 0 Å². The molecular formula is C13H12ClNS. The molecule has 0 unspecified atom stereocenters. The highest BCUT2D eigenvalue weighted by Gasteiger charge is 2.03. The van der Waals surface area contributed by atoms with Gasteiger partial charge in [0.2, 0.25) is 0 Å². The summed E-state index contributed by atoms with van der Waals surface area (Å²) in [5.41, 5.74) is 7.96. The molecule has 2 aromatic carbocycles. The van der Waals surface area contributed by atoms with Crippen molar-refractivity contribution in [2.24, 2.45) is 0 Å². The zero-order valence-electron chi connectivity index (χ0n) is 8.91. The second-order valence-electron chi connectivity index (χ2n) is 3.55. The van der Waals surface area contributed by atoms with Crippen LogP contribution in [0.4, 0.5) is 5.69 Å². The normalized spacial score (nSPS) is 10.4. The van der Waals surface area contributed by atoms with Gasteiger partial charge in [-0.25, -0.2) is 0 Å². The van der Waals surface area contributed by atoms with Crippen LogP contribution >= 0.6 is 23.4 Å². The molecule has 0 heterocycles. The number of aryl methyl sites for hydroxylation is 1. The van der Waals surface area contributed by atoms with Crippen LogP contribution in [0.2, 0.25) is 5.02 Å². The summed E-state index contributed by atoms with van der Waals surface area (Å²) in [6, 6.07) is 13.8. The van der Waals surface area contributed by atoms with Crippen molar-refractivity contribution >= 4 is 29.1 Å². The zero-order valence-corrected chi connectivity index (χ0v) is 10.5. The van der Waals surface area contributed by atoms with E-state index in [9.17, 15) is 0 Å². The van der Waals surface area contributed by atoms with Crippen LogP contribution in [-0.4, -0.2) is 0 Å². The van der Waals surface area contributed by atoms with Gasteiger partial charge in [0.15, 0.2) is 0 Å². The number of nitrogen functional groups attached to an aromatic ring is 1. The Hall–Kier alpha value is -1.12. The van der Waals surface area contributed by atoms with Crippen molar-refractivity contribution in [3.05, 3.63) is 53.1 Å². The predicted molar refractivity (Wildman–Crippen MR) is 71.2 cm³/mol. The van der Waals surface area contributed by atoms with Crippen molar-refractivity contribution < 1.29 is 0 Å². The highest BCUT2D eigenvalue weighted by atomic mass is 35.5. The Morgan fingerprint density at radius 3 is 2.62 bits per heavy atom. The van der Waals surface area contributed by atoms with Gasteiger partial charge in [-0.3, -0.25) is 0 Å². The molecule has 0 atom stereocenters. The summed E-state index contributed by atoms with van der Waals surface area (Å²) in [5.74, 6) is 0. The summed E-state index contributed by atoms with van der Waals surface area (Å²) in [7, 11) is 0. The van der Waals surface area contributed by atoms with Gasteiger partial charge in [0.05, 0.1) is 0 Å². The highest BCUT2D eigenvalue weighted by Crippen LogP contribution is 2.34. The molecule has 0 fully saturated rings. The minimum Gasteiger partial charge on any atom is -0.398 e. The van der Waals surface area contributed by atoms with E-state index in [1.54, 1.807) is 11.8 Å². The third-order valence-electron chi connectivity index (χ3n) is 2.31. The maximum absolute atomic E-state index is 6.01. The number of rotatable bonds is 2. The Labute approximate surface area is 105 Å². The number of para-hydroxylation sites is 1. The number of halogens is 1. The molecule has 0 aromatic heterocycles. The summed E-state index contributed by atoms with van der Waals surface area (Å²) < 4.78 is 0. The monoisotopic (exact) mass is 249 g/mol. The third kappa shape index (κ3) is 2.52. The van der Waals surface area contributed by atoms with Gasteiger partial charge in [0.1, 0.15) is 0 Å². The van der Waals surface area contributed by atoms with Crippen molar-refractivity contribution in [1.82, 2.24) is 0 Å². The summed E-state index contributed by atoms with van der Waals surface area (Å²) in [6.45, 7) is 2.01. The fourth-order valence-corrected chi connectivity index (χ4v) is 2.66. The van der Waals surface area contributed by atoms with Crippen molar-refractivity contribution in [1.29, 1.82) is 0 Å². The summed E-state index contributed by atoms with van der Waals surface area (Å²) in [6.07, 6.45) is 0. The van der Waals surface area contributed by atoms with Crippen molar-refractivity contribution in [3.8, 4) is 0 Å². The van der Waals surface area contributed by atoms with Crippen LogP contribution < -0.4 is 5.73 Å². The van der Waals surface area contributed by atoms with Gasteiger partial charge in [0.25, 0.3) is 0 Å². The lowest BCUT2D eigenvalue weighted by Crippen LogP contribution is -1.91. The van der Waals surface area contributed by atoms with Crippen molar-refractivity contribution in [3.63, 3.8) is 0 Å². The highest BCUT2D eigenvalue weighted by molar-refractivity contribution is 7.99. The van der Waals surface area contributed by atoms with Gasteiger partial charge in [-0.1, -0.05) is 41.6 Å². The summed E-state index contributed by atoms with van der Waals surface area (Å²) in [5, 5.41) is 0.747. The van der Waals surface area contributed by atoms with Crippen molar-refractivity contribution in [2.45, 2.75) is 16.7 Å². The Kier molecular flexibility index (Phi) is 3.42. The van der Waals surface area contributed by atoms with E-state index in [-0.39, 0.29) is 0 Å². The summed E-state index contributed by atoms with van der Waals surface area (Å²) >= 11 is 7.57. The largest absolute Gasteiger partial charge is 0.398 e. The third-order valence-corrected chi connectivity index (χ3v) is 3.61. The molecule has 0 aliphatic heterocycles. The molecule has 3 heteroatoms. The first kappa shape index (κ1) is 11.4. The number of benzene rings is 2. The van der Waals surface area contributed by atoms with Gasteiger partial charge in [-0.05, 0) is 36.8 Å². The van der Waals surface area contributed by atoms with E-state index in [1.807, 2.05) is 49.4 Å². The molecule has 0 aliphatic carbocycles. The minimum atomic E-state index is 0.747. The second kappa shape index (κ2) is 4.81. The van der Waals surface area contributed by atoms with Crippen LogP contribution in [0.5, 0.6) is 0 Å². The van der Waals surface area contributed by atoms with Crippen LogP contribution in [0, 0.1) is 6.92 Å². The molecule has 0 bridgehead atoms. The quantitative estimate of drug-likeness (QED) is 0.800. The molecule has 2 rings (SSSR count). The van der Waals surface area contributed by atoms with Gasteiger partial charge in [-0.15, -0.1) is 0 Å². The predicted octanol–water partition coefficient (Wildman–Crippen LogP) is 4.38. The van der Waals surface area contributed by atoms with Gasteiger partial charge in [-0.2, -0.15) is 0 Å². The topological polar surface area (TPSA) is 26.0 Å². The number of hydrogen-bond donors (Lipinski definition) is 1. The average Bonchev–Trinajstić information content (AvgIpc) is 2.25. The molecule has 0 spiro atoms. The molecule has 0 radical (unpaired) electrons. The standard InChI is InChI=1S/C13H12ClNS/c1-9-4-2-7-12(13(9)15)16-11-6-3-5-10(14)8-11/h2-8H,15H2,1H3. The molecular weight excluding hydrogens is 238 g/mol. The lowest BCUT2D eigenvalue weighted by atomic mass is 10.2. The Morgan fingerprint density at radius 2 is 1.88 bits per heavy atom. The van der Waals surface area contributed by atoms with Crippen LogP contribution in [0.25, 0.3) is 0 Å². The first-order valence-corrected chi connectivity index (χ1v) is 6.15. The fourth-order valence-electron chi connectivity index (χ4n) is 1.40. The van der Waals surface area contributed by atoms with Crippen molar-refractivity contribution in [2.75, 3.05) is 5.73 Å². The van der Waals surface area contributed by atoms with Gasteiger partial charge < -0.3 is 5.73 Å². The second-order valence-corrected chi connectivity index (χ2v) is 5.10. The van der Waals surface area contributed by atoms with E-state index in [1.165, 1.54) is 0 Å². The molecule has 82 valence electrons. The minimum absolute atomic E-state index is 0.747. The van der Waals surface area contributed by atoms with E-state index in [0.29, 0.717) is 0 Å². The molecule has 0 amide bonds. The van der Waals surface area contributed by atoms with Crippen LogP contribution in [0.15, 0.2) is 52.3 Å². The van der Waals surface area contributed by atoms with Crippen LogP contribution in [-0.2, 0) is 0 Å². The molecule has 1 nitrogen and oxygen atoms in total. The summed E-state index contributed by atoms with van der Waals surface area (Å²) in [4.78, 5) is 2.17. The average molecular weight is 250 g/mol. The Bertz CT molecular complexity index is 511. The van der Waals surface area contributed by atoms with E-state index in [0.717, 1.165) is 26.1 Å². The first-order valence-electron chi connectivity index (χ1n) is 4.95. The lowest BCUT2D eigenvalue weighted by Gasteiger charge is -2.07. The smallest absolute Gasteiger partial charge is 0.0485 e. The van der Waals surface area contributed by atoms with Crippen LogP contribution in [0.1, 0.15) is 5.56 Å². The first-order chi connectivity index (χ1) is 7.66. The number of nitrogens with two attached hydrogens (primary N) is 1. The zero-order chi connectivity index (χ0) is 11.5. The lowest BCUT2D eigenvalue weighted by molar-refractivity contribution is 1.35. The maximum atomic E-state index is 6.01. The van der Waals surface area contributed by atoms with Gasteiger partial charge in [0, 0.05) is 20.5 Å².